The lowest BCUT2D eigenvalue weighted by molar-refractivity contribution is -0.145. The lowest BCUT2D eigenvalue weighted by Gasteiger charge is -2.31. The Morgan fingerprint density at radius 2 is 1.89 bits per heavy atom. The Balaban J connectivity index is 1.99. The second kappa shape index (κ2) is 8.83. The Morgan fingerprint density at radius 3 is 2.44 bits per heavy atom. The summed E-state index contributed by atoms with van der Waals surface area (Å²) in [5, 5.41) is 9.02. The van der Waals surface area contributed by atoms with Crippen molar-refractivity contribution in [3.63, 3.8) is 0 Å². The molecule has 8 nitrogen and oxygen atoms in total. The van der Waals surface area contributed by atoms with Gasteiger partial charge in [0.2, 0.25) is 11.5 Å². The third-order valence-corrected chi connectivity index (χ3v) is 4.69. The number of H-pyrrole nitrogens is 1. The summed E-state index contributed by atoms with van der Waals surface area (Å²) in [7, 11) is 1.52. The van der Waals surface area contributed by atoms with Gasteiger partial charge in [0.25, 0.3) is 5.91 Å². The van der Waals surface area contributed by atoms with Crippen molar-refractivity contribution >= 4 is 17.8 Å². The summed E-state index contributed by atoms with van der Waals surface area (Å²) in [6, 6.07) is 2.90. The number of nitrogens with one attached hydrogen (secondary N) is 1. The molecule has 1 aromatic rings. The van der Waals surface area contributed by atoms with Crippen molar-refractivity contribution in [3.05, 3.63) is 33.7 Å². The van der Waals surface area contributed by atoms with E-state index in [4.69, 9.17) is 5.11 Å². The molecule has 1 aliphatic rings. The fourth-order valence-electron chi connectivity index (χ4n) is 3.25. The number of likely N-dealkylation sites (N-methyl/N-ethyl adjacent to an activating group) is 1. The van der Waals surface area contributed by atoms with E-state index in [1.54, 1.807) is 11.0 Å². The van der Waals surface area contributed by atoms with Crippen LogP contribution in [-0.4, -0.2) is 64.4 Å². The molecule has 1 aromatic heterocycles. The smallest absolute Gasteiger partial charge is 0.306 e. The highest BCUT2D eigenvalue weighted by molar-refractivity contribution is 5.96. The lowest BCUT2D eigenvalue weighted by atomic mass is 9.97. The van der Waals surface area contributed by atoms with Crippen molar-refractivity contribution in [2.45, 2.75) is 33.1 Å². The minimum absolute atomic E-state index is 0.108. The van der Waals surface area contributed by atoms with E-state index >= 15 is 0 Å². The van der Waals surface area contributed by atoms with Crippen LogP contribution in [0.15, 0.2) is 16.9 Å². The number of piperidine rings is 1. The third kappa shape index (κ3) is 5.67. The molecule has 0 aliphatic carbocycles. The number of carbonyl (C=O) groups is 3. The molecule has 2 rings (SSSR count). The van der Waals surface area contributed by atoms with E-state index in [1.807, 2.05) is 13.8 Å². The highest BCUT2D eigenvalue weighted by atomic mass is 16.4. The number of pyridine rings is 1. The summed E-state index contributed by atoms with van der Waals surface area (Å²) in [4.78, 5) is 53.5. The quantitative estimate of drug-likeness (QED) is 0.767. The molecule has 0 saturated carbocycles. The molecule has 0 radical (unpaired) electrons. The van der Waals surface area contributed by atoms with E-state index in [9.17, 15) is 19.2 Å². The minimum Gasteiger partial charge on any atom is -0.481 e. The molecule has 1 fully saturated rings. The summed E-state index contributed by atoms with van der Waals surface area (Å²) in [5.74, 6) is -1.52. The zero-order valence-corrected chi connectivity index (χ0v) is 16.0. The average molecular weight is 377 g/mol. The van der Waals surface area contributed by atoms with E-state index in [0.717, 1.165) is 0 Å². The number of hydrogen-bond acceptors (Lipinski definition) is 4. The molecule has 2 heterocycles. The van der Waals surface area contributed by atoms with E-state index < -0.39 is 11.9 Å². The number of aromatic nitrogens is 1. The van der Waals surface area contributed by atoms with Crippen LogP contribution in [0, 0.1) is 11.8 Å². The molecule has 1 aliphatic heterocycles. The Morgan fingerprint density at radius 1 is 1.26 bits per heavy atom. The normalized spacial score (nSPS) is 15.0. The molecule has 0 unspecified atom stereocenters. The molecule has 0 atom stereocenters. The van der Waals surface area contributed by atoms with Gasteiger partial charge in [0.15, 0.2) is 0 Å². The highest BCUT2D eigenvalue weighted by Crippen LogP contribution is 2.17. The van der Waals surface area contributed by atoms with Gasteiger partial charge in [-0.25, -0.2) is 0 Å². The Bertz CT molecular complexity index is 763. The molecule has 0 bridgehead atoms. The first kappa shape index (κ1) is 20.7. The summed E-state index contributed by atoms with van der Waals surface area (Å²) in [5.41, 5.74) is 0.609. The van der Waals surface area contributed by atoms with Gasteiger partial charge in [-0.3, -0.25) is 19.2 Å². The van der Waals surface area contributed by atoms with Crippen LogP contribution >= 0.6 is 0 Å². The van der Waals surface area contributed by atoms with Crippen molar-refractivity contribution in [1.82, 2.24) is 14.8 Å². The minimum atomic E-state index is -0.833. The number of aromatic amines is 1. The third-order valence-electron chi connectivity index (χ3n) is 4.69. The Labute approximate surface area is 158 Å². The predicted molar refractivity (Wildman–Crippen MR) is 99.5 cm³/mol. The summed E-state index contributed by atoms with van der Waals surface area (Å²) >= 11 is 0. The molecule has 2 N–H and O–H groups in total. The van der Waals surface area contributed by atoms with E-state index in [0.29, 0.717) is 44.0 Å². The second-order valence-electron chi connectivity index (χ2n) is 7.51. The number of hydrogen-bond donors (Lipinski definition) is 2. The predicted octanol–water partition coefficient (Wildman–Crippen LogP) is 0.969. The van der Waals surface area contributed by atoms with Gasteiger partial charge in [0, 0.05) is 37.5 Å². The van der Waals surface area contributed by atoms with Gasteiger partial charge < -0.3 is 19.9 Å². The number of carboxylic acids is 1. The largest absolute Gasteiger partial charge is 0.481 e. The van der Waals surface area contributed by atoms with Crippen molar-refractivity contribution in [3.8, 4) is 0 Å². The van der Waals surface area contributed by atoms with Gasteiger partial charge in [0.1, 0.15) is 0 Å². The zero-order chi connectivity index (χ0) is 20.1. The second-order valence-corrected chi connectivity index (χ2v) is 7.51. The van der Waals surface area contributed by atoms with Crippen LogP contribution in [0.1, 0.15) is 42.7 Å². The number of carboxylic acid groups (broad SMARTS) is 1. The van der Waals surface area contributed by atoms with Crippen LogP contribution in [0.3, 0.4) is 0 Å². The Kier molecular flexibility index (Phi) is 6.76. The first-order valence-electron chi connectivity index (χ1n) is 9.16. The number of rotatable bonds is 6. The van der Waals surface area contributed by atoms with Gasteiger partial charge in [0.05, 0.1) is 12.5 Å². The van der Waals surface area contributed by atoms with Gasteiger partial charge in [-0.15, -0.1) is 0 Å². The first-order valence-corrected chi connectivity index (χ1v) is 9.16. The number of carbonyl (C=O) groups excluding carboxylic acids is 2. The van der Waals surface area contributed by atoms with Crippen LogP contribution in [0.2, 0.25) is 0 Å². The molecule has 148 valence electrons. The molecule has 0 spiro atoms. The number of amides is 2. The molecule has 8 heteroatoms. The van der Waals surface area contributed by atoms with Gasteiger partial charge in [-0.05, 0) is 31.2 Å². The maximum absolute atomic E-state index is 12.6. The van der Waals surface area contributed by atoms with Gasteiger partial charge >= 0.3 is 5.97 Å². The van der Waals surface area contributed by atoms with Crippen molar-refractivity contribution < 1.29 is 19.5 Å². The van der Waals surface area contributed by atoms with Crippen LogP contribution in [-0.2, 0) is 16.0 Å². The van der Waals surface area contributed by atoms with Crippen molar-refractivity contribution in [1.29, 1.82) is 0 Å². The van der Waals surface area contributed by atoms with Crippen LogP contribution in [0.25, 0.3) is 0 Å². The zero-order valence-electron chi connectivity index (χ0n) is 16.0. The molecule has 2 amide bonds. The number of likely N-dealkylation sites (tertiary alicyclic amines) is 1. The maximum Gasteiger partial charge on any atom is 0.306 e. The van der Waals surface area contributed by atoms with Gasteiger partial charge in [-0.1, -0.05) is 13.8 Å². The summed E-state index contributed by atoms with van der Waals surface area (Å²) < 4.78 is 0. The van der Waals surface area contributed by atoms with Gasteiger partial charge in [-0.2, -0.15) is 0 Å². The SMILES string of the molecule is CC(C)Cc1cc(C(=O)N(C)CC(=O)N2CCC(C(=O)O)CC2)cc(=O)[nH]1. The van der Waals surface area contributed by atoms with Crippen LogP contribution in [0.5, 0.6) is 0 Å². The monoisotopic (exact) mass is 377 g/mol. The van der Waals surface area contributed by atoms with E-state index in [-0.39, 0.29) is 29.5 Å². The molecule has 0 aromatic carbocycles. The lowest BCUT2D eigenvalue weighted by Crippen LogP contribution is -2.45. The molecule has 27 heavy (non-hydrogen) atoms. The summed E-state index contributed by atoms with van der Waals surface area (Å²) in [6.45, 7) is 4.68. The highest BCUT2D eigenvalue weighted by Gasteiger charge is 2.28. The fourth-order valence-corrected chi connectivity index (χ4v) is 3.25. The summed E-state index contributed by atoms with van der Waals surface area (Å²) in [6.07, 6.45) is 1.49. The van der Waals surface area contributed by atoms with Crippen LogP contribution < -0.4 is 5.56 Å². The topological polar surface area (TPSA) is 111 Å². The standard InChI is InChI=1S/C19H27N3O5/c1-12(2)8-15-9-14(10-16(23)20-15)18(25)21(3)11-17(24)22-6-4-13(5-7-22)19(26)27/h9-10,12-13H,4-8,11H2,1-3H3,(H,20,23)(H,26,27). The van der Waals surface area contributed by atoms with Crippen molar-refractivity contribution in [2.24, 2.45) is 11.8 Å². The van der Waals surface area contributed by atoms with E-state index in [1.165, 1.54) is 18.0 Å². The molecule has 1 saturated heterocycles. The maximum atomic E-state index is 12.6. The van der Waals surface area contributed by atoms with Crippen LogP contribution in [0.4, 0.5) is 0 Å². The Hall–Kier alpha value is -2.64. The first-order chi connectivity index (χ1) is 12.7. The number of nitrogens with zero attached hydrogens (tertiary/aromatic N) is 2. The average Bonchev–Trinajstić information content (AvgIpc) is 2.59. The van der Waals surface area contributed by atoms with Crippen molar-refractivity contribution in [2.75, 3.05) is 26.7 Å². The molecular weight excluding hydrogens is 350 g/mol. The number of aliphatic carboxylic acids is 1. The van der Waals surface area contributed by atoms with E-state index in [2.05, 4.69) is 4.98 Å². The molecular formula is C19H27N3O5. The fraction of sp³-hybridized carbons (Fsp3) is 0.579.